The number of aliphatic hydroxyl groups excluding tert-OH is 1. The molecule has 2 aliphatic rings. The third-order valence-electron chi connectivity index (χ3n) is 6.36. The Morgan fingerprint density at radius 2 is 1.91 bits per heavy atom. The number of Topliss-reactive ketones (excluding diaryl/α,β-unsaturated/α-hetero) is 1. The van der Waals surface area contributed by atoms with Crippen molar-refractivity contribution >= 4 is 28.8 Å². The molecule has 3 heterocycles. The van der Waals surface area contributed by atoms with E-state index < -0.39 is 17.7 Å². The van der Waals surface area contributed by atoms with Gasteiger partial charge in [0.05, 0.1) is 23.5 Å². The molecule has 1 atom stereocenters. The van der Waals surface area contributed by atoms with E-state index in [0.717, 1.165) is 17.7 Å². The second kappa shape index (κ2) is 8.67. The lowest BCUT2D eigenvalue weighted by Gasteiger charge is -2.28. The number of aliphatic hydroxyl groups is 1. The number of aryl methyl sites for hydroxylation is 1. The van der Waals surface area contributed by atoms with Crippen LogP contribution in [0.4, 0.5) is 11.4 Å². The van der Waals surface area contributed by atoms with Crippen LogP contribution in [0.1, 0.15) is 29.8 Å². The predicted octanol–water partition coefficient (Wildman–Crippen LogP) is 4.10. The maximum absolute atomic E-state index is 13.3. The Morgan fingerprint density at radius 3 is 2.62 bits per heavy atom. The molecular formula is C27H25N3O4. The highest BCUT2D eigenvalue weighted by Crippen LogP contribution is 2.42. The fraction of sp³-hybridized carbons (Fsp3) is 0.222. The van der Waals surface area contributed by atoms with Gasteiger partial charge in [-0.1, -0.05) is 25.1 Å². The largest absolute Gasteiger partial charge is 0.507 e. The van der Waals surface area contributed by atoms with Gasteiger partial charge in [-0.15, -0.1) is 0 Å². The number of anilines is 2. The molecule has 0 aliphatic carbocycles. The molecule has 1 fully saturated rings. The Balaban J connectivity index is 1.67. The van der Waals surface area contributed by atoms with Crippen LogP contribution in [0.5, 0.6) is 5.75 Å². The lowest BCUT2D eigenvalue weighted by Crippen LogP contribution is -2.29. The molecule has 0 bridgehead atoms. The number of carbonyl (C=O) groups is 2. The third-order valence-corrected chi connectivity index (χ3v) is 6.36. The zero-order valence-electron chi connectivity index (χ0n) is 19.1. The van der Waals surface area contributed by atoms with Crippen molar-refractivity contribution in [3.05, 3.63) is 89.3 Å². The van der Waals surface area contributed by atoms with E-state index in [4.69, 9.17) is 4.74 Å². The number of aromatic nitrogens is 1. The Labute approximate surface area is 197 Å². The summed E-state index contributed by atoms with van der Waals surface area (Å²) in [5.41, 5.74) is 3.47. The minimum Gasteiger partial charge on any atom is -0.507 e. The molecule has 0 radical (unpaired) electrons. The highest BCUT2D eigenvalue weighted by molar-refractivity contribution is 6.51. The van der Waals surface area contributed by atoms with Crippen molar-refractivity contribution in [2.24, 2.45) is 0 Å². The van der Waals surface area contributed by atoms with Crippen molar-refractivity contribution in [1.82, 2.24) is 4.98 Å². The molecule has 1 N–H and O–H groups in total. The van der Waals surface area contributed by atoms with Gasteiger partial charge in [-0.2, -0.15) is 0 Å². The van der Waals surface area contributed by atoms with Crippen molar-refractivity contribution in [2.75, 3.05) is 30.0 Å². The third kappa shape index (κ3) is 3.59. The van der Waals surface area contributed by atoms with E-state index in [-0.39, 0.29) is 11.3 Å². The lowest BCUT2D eigenvalue weighted by atomic mass is 9.97. The summed E-state index contributed by atoms with van der Waals surface area (Å²) in [6.07, 6.45) is 2.47. The van der Waals surface area contributed by atoms with Gasteiger partial charge in [-0.05, 0) is 54.4 Å². The molecule has 5 rings (SSSR count). The Hall–Kier alpha value is -4.13. The zero-order valence-corrected chi connectivity index (χ0v) is 19.1. The molecular weight excluding hydrogens is 430 g/mol. The molecule has 2 aromatic carbocycles. The Bertz CT molecular complexity index is 1280. The average molecular weight is 456 g/mol. The summed E-state index contributed by atoms with van der Waals surface area (Å²) in [4.78, 5) is 34.4. The molecule has 7 nitrogen and oxygen atoms in total. The SMILES string of the molecule is CCc1ccc(N2C(=O)C(=O)/C(=C(\O)c3ccc4c(c3)N(C)CCO4)C2c2ccccn2)cc1. The van der Waals surface area contributed by atoms with Crippen LogP contribution < -0.4 is 14.5 Å². The monoisotopic (exact) mass is 455 g/mol. The number of fused-ring (bicyclic) bond motifs is 1. The number of likely N-dealkylation sites (N-methyl/N-ethyl adjacent to an activating group) is 1. The smallest absolute Gasteiger partial charge is 0.300 e. The average Bonchev–Trinajstić information content (AvgIpc) is 3.14. The van der Waals surface area contributed by atoms with Crippen LogP contribution >= 0.6 is 0 Å². The molecule has 1 unspecified atom stereocenters. The number of rotatable bonds is 4. The maximum atomic E-state index is 13.3. The first-order valence-electron chi connectivity index (χ1n) is 11.3. The van der Waals surface area contributed by atoms with Crippen molar-refractivity contribution in [1.29, 1.82) is 0 Å². The highest BCUT2D eigenvalue weighted by Gasteiger charge is 2.47. The molecule has 3 aromatic rings. The summed E-state index contributed by atoms with van der Waals surface area (Å²) in [6.45, 7) is 3.34. The number of pyridine rings is 1. The van der Waals surface area contributed by atoms with Gasteiger partial charge in [0.15, 0.2) is 0 Å². The Kier molecular flexibility index (Phi) is 5.53. The molecule has 7 heteroatoms. The number of ketones is 1. The van der Waals surface area contributed by atoms with Crippen LogP contribution in [0.3, 0.4) is 0 Å². The number of ether oxygens (including phenoxy) is 1. The fourth-order valence-electron chi connectivity index (χ4n) is 4.46. The summed E-state index contributed by atoms with van der Waals surface area (Å²) in [5.74, 6) is -0.957. The first kappa shape index (κ1) is 21.7. The maximum Gasteiger partial charge on any atom is 0.300 e. The van der Waals surface area contributed by atoms with Gasteiger partial charge in [-0.25, -0.2) is 0 Å². The molecule has 34 heavy (non-hydrogen) atoms. The summed E-state index contributed by atoms with van der Waals surface area (Å²) in [6, 6.07) is 17.2. The van der Waals surface area contributed by atoms with Crippen LogP contribution in [-0.2, 0) is 16.0 Å². The van der Waals surface area contributed by atoms with Gasteiger partial charge in [0.2, 0.25) is 0 Å². The van der Waals surface area contributed by atoms with Crippen molar-refractivity contribution < 1.29 is 19.4 Å². The summed E-state index contributed by atoms with van der Waals surface area (Å²) in [7, 11) is 1.94. The number of carbonyl (C=O) groups excluding carboxylic acids is 2. The van der Waals surface area contributed by atoms with Crippen LogP contribution in [0, 0.1) is 0 Å². The van der Waals surface area contributed by atoms with Crippen LogP contribution in [0.25, 0.3) is 5.76 Å². The quantitative estimate of drug-likeness (QED) is 0.362. The molecule has 1 saturated heterocycles. The van der Waals surface area contributed by atoms with Gasteiger partial charge in [-0.3, -0.25) is 19.5 Å². The van der Waals surface area contributed by atoms with E-state index in [2.05, 4.69) is 11.9 Å². The van der Waals surface area contributed by atoms with Crippen molar-refractivity contribution in [3.63, 3.8) is 0 Å². The lowest BCUT2D eigenvalue weighted by molar-refractivity contribution is -0.132. The normalized spacial score (nSPS) is 19.2. The van der Waals surface area contributed by atoms with Gasteiger partial charge in [0, 0.05) is 24.5 Å². The summed E-state index contributed by atoms with van der Waals surface area (Å²) in [5, 5.41) is 11.4. The van der Waals surface area contributed by atoms with E-state index in [9.17, 15) is 14.7 Å². The zero-order chi connectivity index (χ0) is 23.8. The van der Waals surface area contributed by atoms with Crippen molar-refractivity contribution in [2.45, 2.75) is 19.4 Å². The minimum atomic E-state index is -0.848. The first-order chi connectivity index (χ1) is 16.5. The number of benzene rings is 2. The summed E-state index contributed by atoms with van der Waals surface area (Å²) >= 11 is 0. The molecule has 2 aliphatic heterocycles. The van der Waals surface area contributed by atoms with E-state index in [1.54, 1.807) is 42.6 Å². The molecule has 1 amide bonds. The van der Waals surface area contributed by atoms with E-state index in [1.165, 1.54) is 4.90 Å². The molecule has 1 aromatic heterocycles. The topological polar surface area (TPSA) is 83.0 Å². The number of amides is 1. The standard InChI is InChI=1S/C27H25N3O4/c1-3-17-7-10-19(11-8-17)30-24(20-6-4-5-13-28-20)23(26(32)27(30)33)25(31)18-9-12-22-21(16-18)29(2)14-15-34-22/h4-13,16,24,31H,3,14-15H2,1-2H3/b25-23-. The number of hydrogen-bond donors (Lipinski definition) is 1. The van der Waals surface area contributed by atoms with Gasteiger partial charge >= 0.3 is 0 Å². The first-order valence-corrected chi connectivity index (χ1v) is 11.3. The molecule has 0 saturated carbocycles. The van der Waals surface area contributed by atoms with Crippen LogP contribution in [-0.4, -0.2) is 42.0 Å². The second-order valence-electron chi connectivity index (χ2n) is 8.40. The minimum absolute atomic E-state index is 0.0163. The van der Waals surface area contributed by atoms with Gasteiger partial charge < -0.3 is 14.7 Å². The van der Waals surface area contributed by atoms with Crippen LogP contribution in [0.2, 0.25) is 0 Å². The van der Waals surface area contributed by atoms with E-state index in [1.807, 2.05) is 36.2 Å². The number of nitrogens with zero attached hydrogens (tertiary/aromatic N) is 3. The second-order valence-corrected chi connectivity index (χ2v) is 8.40. The number of hydrogen-bond acceptors (Lipinski definition) is 6. The van der Waals surface area contributed by atoms with Gasteiger partial charge in [0.25, 0.3) is 11.7 Å². The van der Waals surface area contributed by atoms with Gasteiger partial charge in [0.1, 0.15) is 24.2 Å². The van der Waals surface area contributed by atoms with Crippen molar-refractivity contribution in [3.8, 4) is 5.75 Å². The molecule has 172 valence electrons. The molecule has 0 spiro atoms. The highest BCUT2D eigenvalue weighted by atomic mass is 16.5. The van der Waals surface area contributed by atoms with Crippen LogP contribution in [0.15, 0.2) is 72.4 Å². The summed E-state index contributed by atoms with van der Waals surface area (Å²) < 4.78 is 5.70. The Morgan fingerprint density at radius 1 is 1.12 bits per heavy atom. The fourth-order valence-corrected chi connectivity index (χ4v) is 4.46. The van der Waals surface area contributed by atoms with E-state index >= 15 is 0 Å². The van der Waals surface area contributed by atoms with E-state index in [0.29, 0.717) is 35.8 Å². The predicted molar refractivity (Wildman–Crippen MR) is 130 cm³/mol.